The summed E-state index contributed by atoms with van der Waals surface area (Å²) in [6.45, 7) is 39.7. The van der Waals surface area contributed by atoms with Crippen LogP contribution < -0.4 is 0 Å². The number of allylic oxidation sites excluding steroid dienone is 8. The number of ether oxygens (including phenoxy) is 9. The minimum Gasteiger partial charge on any atom is -0.430 e. The molecule has 3 atom stereocenters. The van der Waals surface area contributed by atoms with Crippen LogP contribution in [0, 0.1) is 41.4 Å². The summed E-state index contributed by atoms with van der Waals surface area (Å²) in [5, 5.41) is 0. The van der Waals surface area contributed by atoms with Gasteiger partial charge in [-0.05, 0) is 97.3 Å². The summed E-state index contributed by atoms with van der Waals surface area (Å²) < 4.78 is 43.8. The molecule has 0 aromatic heterocycles. The van der Waals surface area contributed by atoms with Crippen molar-refractivity contribution in [3.63, 3.8) is 0 Å². The summed E-state index contributed by atoms with van der Waals surface area (Å²) in [6, 6.07) is 0. The van der Waals surface area contributed by atoms with Gasteiger partial charge in [0.05, 0.1) is 65.1 Å². The first-order chi connectivity index (χ1) is 38.8. The van der Waals surface area contributed by atoms with Crippen LogP contribution in [0.1, 0.15) is 271 Å². The van der Waals surface area contributed by atoms with Crippen molar-refractivity contribution in [2.24, 2.45) is 41.4 Å². The second-order valence-corrected chi connectivity index (χ2v) is 26.3. The van der Waals surface area contributed by atoms with Gasteiger partial charge in [-0.3, -0.25) is 0 Å². The Balaban J connectivity index is 0.000000440. The monoisotopic (exact) mass is 1140 g/mol. The molecule has 0 N–H and O–H groups in total. The maximum absolute atomic E-state index is 10.0. The third-order valence-corrected chi connectivity index (χ3v) is 16.0. The molecule has 10 heteroatoms. The molecule has 6 heterocycles. The van der Waals surface area contributed by atoms with Crippen LogP contribution in [-0.4, -0.2) is 96.0 Å². The number of carbonyl (C=O) groups excluding carboxylic acids is 1. The van der Waals surface area contributed by atoms with Crippen molar-refractivity contribution in [1.82, 2.24) is 0 Å². The Morgan fingerprint density at radius 1 is 0.494 bits per heavy atom. The molecule has 13 aliphatic rings. The maximum Gasteiger partial charge on any atom is 0.508 e. The molecule has 6 aliphatic heterocycles. The van der Waals surface area contributed by atoms with E-state index < -0.39 is 6.16 Å². The molecule has 11 fully saturated rings. The van der Waals surface area contributed by atoms with E-state index >= 15 is 0 Å². The first-order valence-electron chi connectivity index (χ1n) is 33.6. The quantitative estimate of drug-likeness (QED) is 0.186. The molecule has 81 heavy (non-hydrogen) atoms. The average molecular weight is 1150 g/mol. The second kappa shape index (κ2) is 50.1. The number of epoxide rings is 1. The predicted molar refractivity (Wildman–Crippen MR) is 341 cm³/mol. The van der Waals surface area contributed by atoms with Crippen molar-refractivity contribution in [3.05, 3.63) is 47.6 Å². The van der Waals surface area contributed by atoms with E-state index in [4.69, 9.17) is 33.2 Å². The Bertz CT molecular complexity index is 1460. The molecule has 0 radical (unpaired) electrons. The minimum absolute atomic E-state index is 0.0463. The predicted octanol–water partition coefficient (Wildman–Crippen LogP) is 20.1. The zero-order valence-corrected chi connectivity index (χ0v) is 55.6. The SMILES string of the molecule is CC1=CC=CC1.CC1=CCC=C1.CC1CCCC1.CC1CCCC1.CC1CCCCC1.CC1CCCCC1.CC1CCCCC1.CC1COC(=O)O1.CC1COC(C)(C)O1.CC1COC1.CC1COC1.CC1OCCO1.CCC1CO1. The third kappa shape index (κ3) is 50.9. The molecule has 0 bridgehead atoms. The largest absolute Gasteiger partial charge is 0.508 e. The van der Waals surface area contributed by atoms with Crippen LogP contribution in [-0.2, 0) is 42.6 Å². The van der Waals surface area contributed by atoms with Gasteiger partial charge in [-0.25, -0.2) is 4.79 Å². The van der Waals surface area contributed by atoms with Crippen LogP contribution in [0.15, 0.2) is 47.6 Å². The summed E-state index contributed by atoms with van der Waals surface area (Å²) in [5.74, 6) is 6.55. The van der Waals surface area contributed by atoms with Gasteiger partial charge < -0.3 is 42.6 Å². The summed E-state index contributed by atoms with van der Waals surface area (Å²) >= 11 is 0. The van der Waals surface area contributed by atoms with Crippen LogP contribution in [0.25, 0.3) is 0 Å². The lowest BCUT2D eigenvalue weighted by Crippen LogP contribution is -2.23. The van der Waals surface area contributed by atoms with Gasteiger partial charge in [-0.2, -0.15) is 0 Å². The highest BCUT2D eigenvalue weighted by atomic mass is 16.8. The van der Waals surface area contributed by atoms with E-state index in [1.54, 1.807) is 6.92 Å². The van der Waals surface area contributed by atoms with Gasteiger partial charge in [0, 0.05) is 11.8 Å². The van der Waals surface area contributed by atoms with Crippen molar-refractivity contribution in [3.8, 4) is 0 Å². The fourth-order valence-electron chi connectivity index (χ4n) is 10.1. The maximum atomic E-state index is 10.0. The molecule has 3 unspecified atom stereocenters. The van der Waals surface area contributed by atoms with Crippen LogP contribution in [0.5, 0.6) is 0 Å². The average Bonchev–Trinajstić information content (AvgIpc) is 4.25. The van der Waals surface area contributed by atoms with Gasteiger partial charge in [-0.1, -0.05) is 251 Å². The van der Waals surface area contributed by atoms with Crippen LogP contribution in [0.3, 0.4) is 0 Å². The van der Waals surface area contributed by atoms with E-state index in [1.165, 1.54) is 172 Å². The fourth-order valence-corrected chi connectivity index (χ4v) is 10.1. The summed E-state index contributed by atoms with van der Waals surface area (Å²) in [7, 11) is 0. The Labute approximate surface area is 501 Å². The standard InChI is InChI=1S/3C7H14.C6H12O2.2C6H12.2C6H8.C4H6O3.C4H8O2.3C4H8O/c3*1-7-5-3-2-4-6-7;1-5-4-7-6(2,3)8-5;4*1-6-4-2-3-5-6;1-3-2-6-4(5)7-3;1-4-5-2-3-6-4;2*1-4-2-5-3-4;1-2-4-3-5-4/h3*7H,2-6H2,1H3;5H,4H2,1-3H3;2*6H,2-5H2,1H3;2,4-5H,3H2,1H3;2-4H,5H2,1H3;3H,2H2,1H3;4H,2-3H2,1H3;3*4H,2-3H2,1H3. The third-order valence-electron chi connectivity index (χ3n) is 16.0. The zero-order valence-electron chi connectivity index (χ0n) is 55.6. The van der Waals surface area contributed by atoms with Gasteiger partial charge in [0.25, 0.3) is 0 Å². The highest BCUT2D eigenvalue weighted by Crippen LogP contribution is 2.26. The number of hydrogen-bond donors (Lipinski definition) is 0. The van der Waals surface area contributed by atoms with Gasteiger partial charge in [0.1, 0.15) is 12.7 Å². The number of rotatable bonds is 1. The van der Waals surface area contributed by atoms with Crippen molar-refractivity contribution in [2.45, 2.75) is 301 Å². The van der Waals surface area contributed by atoms with E-state index in [2.05, 4.69) is 115 Å². The Kier molecular flexibility index (Phi) is 47.6. The lowest BCUT2D eigenvalue weighted by atomic mass is 9.91. The fraction of sp³-hybridized carbons (Fsp3) is 0.873. The molecular weight excluding hydrogens is 1010 g/mol. The number of cyclic esters (lactones) is 2. The van der Waals surface area contributed by atoms with Crippen molar-refractivity contribution >= 4 is 6.16 Å². The molecule has 6 saturated heterocycles. The van der Waals surface area contributed by atoms with E-state index in [9.17, 15) is 4.79 Å². The van der Waals surface area contributed by atoms with Crippen molar-refractivity contribution in [2.75, 3.05) is 59.5 Å². The number of carbonyl (C=O) groups is 1. The van der Waals surface area contributed by atoms with Crippen LogP contribution in [0.4, 0.5) is 4.79 Å². The van der Waals surface area contributed by atoms with E-state index in [-0.39, 0.29) is 24.3 Å². The molecule has 0 amide bonds. The van der Waals surface area contributed by atoms with Gasteiger partial charge in [0.2, 0.25) is 0 Å². The van der Waals surface area contributed by atoms with Crippen LogP contribution in [0.2, 0.25) is 0 Å². The lowest BCUT2D eigenvalue weighted by Gasteiger charge is -2.20. The second-order valence-electron chi connectivity index (χ2n) is 26.3. The molecular formula is C71H132O10. The van der Waals surface area contributed by atoms with Crippen molar-refractivity contribution < 1.29 is 47.4 Å². The van der Waals surface area contributed by atoms with E-state index in [0.717, 1.165) is 101 Å². The highest BCUT2D eigenvalue weighted by molar-refractivity contribution is 5.61. The first-order valence-corrected chi connectivity index (χ1v) is 33.6. The minimum atomic E-state index is -0.549. The molecule has 0 aromatic carbocycles. The number of hydrogen-bond acceptors (Lipinski definition) is 10. The van der Waals surface area contributed by atoms with Crippen molar-refractivity contribution in [1.29, 1.82) is 0 Å². The van der Waals surface area contributed by atoms with Gasteiger partial charge in [-0.15, -0.1) is 0 Å². The smallest absolute Gasteiger partial charge is 0.430 e. The Morgan fingerprint density at radius 3 is 0.975 bits per heavy atom. The molecule has 476 valence electrons. The first kappa shape index (κ1) is 77.0. The summed E-state index contributed by atoms with van der Waals surface area (Å²) in [4.78, 5) is 10.0. The molecule has 0 aromatic rings. The molecule has 10 nitrogen and oxygen atoms in total. The Hall–Kier alpha value is -2.05. The summed E-state index contributed by atoms with van der Waals surface area (Å²) in [6.07, 6.45) is 51.0. The molecule has 13 rings (SSSR count). The Morgan fingerprint density at radius 2 is 0.889 bits per heavy atom. The normalized spacial score (nSPS) is 26.3. The van der Waals surface area contributed by atoms with Gasteiger partial charge >= 0.3 is 6.16 Å². The summed E-state index contributed by atoms with van der Waals surface area (Å²) in [5.41, 5.74) is 2.87. The molecule has 0 spiro atoms. The van der Waals surface area contributed by atoms with E-state index in [1.807, 2.05) is 27.7 Å². The molecule has 5 saturated carbocycles. The highest BCUT2D eigenvalue weighted by Gasteiger charge is 2.29. The zero-order chi connectivity index (χ0) is 59.9. The molecule has 7 aliphatic carbocycles. The lowest BCUT2D eigenvalue weighted by molar-refractivity contribution is -0.136. The van der Waals surface area contributed by atoms with E-state index in [0.29, 0.717) is 12.7 Å². The van der Waals surface area contributed by atoms with Crippen LogP contribution >= 0.6 is 0 Å². The van der Waals surface area contributed by atoms with Gasteiger partial charge in [0.15, 0.2) is 12.1 Å². The topological polar surface area (TPSA) is 103 Å².